The molecular weight excluding hydrogens is 302 g/mol. The normalized spacial score (nSPS) is 13.8. The Labute approximate surface area is 143 Å². The Kier molecular flexibility index (Phi) is 5.78. The van der Waals surface area contributed by atoms with Gasteiger partial charge in [0.25, 0.3) is 0 Å². The van der Waals surface area contributed by atoms with Crippen molar-refractivity contribution in [1.82, 2.24) is 9.78 Å². The average Bonchev–Trinajstić information content (AvgIpc) is 2.88. The maximum absolute atomic E-state index is 12.4. The fourth-order valence-electron chi connectivity index (χ4n) is 2.80. The van der Waals surface area contributed by atoms with Crippen LogP contribution in [0.1, 0.15) is 45.4 Å². The molecule has 1 atom stereocenters. The van der Waals surface area contributed by atoms with Gasteiger partial charge in [-0.05, 0) is 24.8 Å². The highest BCUT2D eigenvalue weighted by Gasteiger charge is 2.27. The van der Waals surface area contributed by atoms with Crippen LogP contribution in [0.4, 0.5) is 5.69 Å². The Hall–Kier alpha value is -2.14. The molecule has 130 valence electrons. The van der Waals surface area contributed by atoms with Crippen LogP contribution in [0.5, 0.6) is 0 Å². The van der Waals surface area contributed by atoms with Crippen LogP contribution in [-0.4, -0.2) is 20.8 Å². The molecule has 0 radical (unpaired) electrons. The summed E-state index contributed by atoms with van der Waals surface area (Å²) in [6.45, 7) is 8.79. The Morgan fingerprint density at radius 2 is 2.00 bits per heavy atom. The lowest BCUT2D eigenvalue weighted by Gasteiger charge is -2.23. The molecule has 1 aromatic heterocycles. The summed E-state index contributed by atoms with van der Waals surface area (Å²) in [5.74, 6) is 0.264. The molecule has 5 nitrogen and oxygen atoms in total. The highest BCUT2D eigenvalue weighted by Crippen LogP contribution is 2.25. The Morgan fingerprint density at radius 3 is 2.58 bits per heavy atom. The zero-order chi connectivity index (χ0) is 17.7. The lowest BCUT2D eigenvalue weighted by molar-refractivity contribution is -0.120. The number of rotatable bonds is 7. The van der Waals surface area contributed by atoms with E-state index >= 15 is 0 Å². The molecule has 2 N–H and O–H groups in total. The summed E-state index contributed by atoms with van der Waals surface area (Å²) in [6, 6.07) is 9.24. The number of carbonyl (C=O) groups excluding carboxylic acids is 1. The lowest BCUT2D eigenvalue weighted by Crippen LogP contribution is -2.28. The maximum Gasteiger partial charge on any atom is 0.227 e. The monoisotopic (exact) mass is 329 g/mol. The number of aliphatic hydroxyl groups is 1. The SMILES string of the molecule is CCc1c(NC(=O)CC(C)(O)c2ccccc2)cnn1CC(C)C. The van der Waals surface area contributed by atoms with Crippen LogP contribution in [0, 0.1) is 5.92 Å². The number of nitrogens with zero attached hydrogens (tertiary/aromatic N) is 2. The summed E-state index contributed by atoms with van der Waals surface area (Å²) in [5, 5.41) is 17.9. The maximum atomic E-state index is 12.4. The molecule has 24 heavy (non-hydrogen) atoms. The molecular formula is C19H27N3O2. The van der Waals surface area contributed by atoms with Crippen molar-refractivity contribution in [2.24, 2.45) is 5.92 Å². The molecule has 0 aliphatic rings. The van der Waals surface area contributed by atoms with Gasteiger partial charge in [-0.15, -0.1) is 0 Å². The molecule has 0 aliphatic carbocycles. The molecule has 1 heterocycles. The fourth-order valence-corrected chi connectivity index (χ4v) is 2.80. The van der Waals surface area contributed by atoms with E-state index < -0.39 is 5.60 Å². The molecule has 1 aromatic carbocycles. The molecule has 0 fully saturated rings. The molecule has 0 spiro atoms. The molecule has 1 unspecified atom stereocenters. The average molecular weight is 329 g/mol. The third kappa shape index (κ3) is 4.45. The van der Waals surface area contributed by atoms with Crippen molar-refractivity contribution in [2.45, 2.75) is 52.7 Å². The van der Waals surface area contributed by atoms with Crippen molar-refractivity contribution in [2.75, 3.05) is 5.32 Å². The lowest BCUT2D eigenvalue weighted by atomic mass is 9.92. The van der Waals surface area contributed by atoms with E-state index in [1.165, 1.54) is 0 Å². The van der Waals surface area contributed by atoms with Crippen LogP contribution in [0.15, 0.2) is 36.5 Å². The molecule has 0 aliphatic heterocycles. The van der Waals surface area contributed by atoms with Gasteiger partial charge >= 0.3 is 0 Å². The number of carbonyl (C=O) groups is 1. The van der Waals surface area contributed by atoms with Gasteiger partial charge in [0.1, 0.15) is 0 Å². The second-order valence-corrected chi connectivity index (χ2v) is 6.80. The number of benzene rings is 1. The van der Waals surface area contributed by atoms with Crippen molar-refractivity contribution in [3.8, 4) is 0 Å². The minimum Gasteiger partial charge on any atom is -0.385 e. The van der Waals surface area contributed by atoms with E-state index in [4.69, 9.17) is 0 Å². The number of hydrogen-bond donors (Lipinski definition) is 2. The standard InChI is InChI=1S/C19H27N3O2/c1-5-17-16(12-20-22(17)13-14(2)3)21-18(23)11-19(4,24)15-9-7-6-8-10-15/h6-10,12,14,24H,5,11,13H2,1-4H3,(H,21,23). The van der Waals surface area contributed by atoms with E-state index in [2.05, 4.69) is 24.3 Å². The van der Waals surface area contributed by atoms with Crippen LogP contribution in [-0.2, 0) is 23.4 Å². The molecule has 2 aromatic rings. The largest absolute Gasteiger partial charge is 0.385 e. The number of amides is 1. The molecule has 5 heteroatoms. The topological polar surface area (TPSA) is 67.2 Å². The van der Waals surface area contributed by atoms with E-state index in [-0.39, 0.29) is 12.3 Å². The van der Waals surface area contributed by atoms with E-state index in [1.54, 1.807) is 13.1 Å². The van der Waals surface area contributed by atoms with E-state index in [0.29, 0.717) is 5.92 Å². The van der Waals surface area contributed by atoms with E-state index in [0.717, 1.165) is 29.9 Å². The van der Waals surface area contributed by atoms with Crippen molar-refractivity contribution >= 4 is 11.6 Å². The van der Waals surface area contributed by atoms with Crippen molar-refractivity contribution < 1.29 is 9.90 Å². The van der Waals surface area contributed by atoms with Gasteiger partial charge in [-0.1, -0.05) is 51.1 Å². The Morgan fingerprint density at radius 1 is 1.33 bits per heavy atom. The summed E-state index contributed by atoms with van der Waals surface area (Å²) < 4.78 is 1.94. The second kappa shape index (κ2) is 7.62. The quantitative estimate of drug-likeness (QED) is 0.819. The number of anilines is 1. The predicted molar refractivity (Wildman–Crippen MR) is 95.7 cm³/mol. The Balaban J connectivity index is 2.08. The molecule has 1 amide bonds. The minimum absolute atomic E-state index is 0.00444. The van der Waals surface area contributed by atoms with E-state index in [1.807, 2.05) is 41.9 Å². The van der Waals surface area contributed by atoms with Crippen molar-refractivity contribution in [3.05, 3.63) is 47.8 Å². The third-order valence-electron chi connectivity index (χ3n) is 4.00. The molecule has 0 bridgehead atoms. The van der Waals surface area contributed by atoms with Crippen LogP contribution in [0.3, 0.4) is 0 Å². The first-order valence-corrected chi connectivity index (χ1v) is 8.46. The number of aromatic nitrogens is 2. The van der Waals surface area contributed by atoms with Gasteiger partial charge in [0.05, 0.1) is 29.6 Å². The summed E-state index contributed by atoms with van der Waals surface area (Å²) >= 11 is 0. The van der Waals surface area contributed by atoms with Gasteiger partial charge in [0, 0.05) is 6.54 Å². The smallest absolute Gasteiger partial charge is 0.227 e. The van der Waals surface area contributed by atoms with Crippen LogP contribution < -0.4 is 5.32 Å². The van der Waals surface area contributed by atoms with Gasteiger partial charge in [-0.25, -0.2) is 0 Å². The Bertz CT molecular complexity index is 675. The number of nitrogens with one attached hydrogen (secondary N) is 1. The van der Waals surface area contributed by atoms with Crippen LogP contribution >= 0.6 is 0 Å². The highest BCUT2D eigenvalue weighted by molar-refractivity contribution is 5.91. The molecule has 0 saturated carbocycles. The van der Waals surface area contributed by atoms with E-state index in [9.17, 15) is 9.90 Å². The third-order valence-corrected chi connectivity index (χ3v) is 4.00. The van der Waals surface area contributed by atoms with Crippen LogP contribution in [0.2, 0.25) is 0 Å². The highest BCUT2D eigenvalue weighted by atomic mass is 16.3. The zero-order valence-corrected chi connectivity index (χ0v) is 14.9. The molecule has 0 saturated heterocycles. The summed E-state index contributed by atoms with van der Waals surface area (Å²) in [5.41, 5.74) is 1.26. The summed E-state index contributed by atoms with van der Waals surface area (Å²) in [7, 11) is 0. The zero-order valence-electron chi connectivity index (χ0n) is 14.9. The van der Waals surface area contributed by atoms with Gasteiger partial charge in [-0.2, -0.15) is 5.10 Å². The van der Waals surface area contributed by atoms with Gasteiger partial charge in [-0.3, -0.25) is 9.48 Å². The first-order valence-electron chi connectivity index (χ1n) is 8.46. The van der Waals surface area contributed by atoms with Crippen molar-refractivity contribution in [1.29, 1.82) is 0 Å². The molecule has 2 rings (SSSR count). The minimum atomic E-state index is -1.20. The first-order chi connectivity index (χ1) is 11.3. The summed E-state index contributed by atoms with van der Waals surface area (Å²) in [6.07, 6.45) is 2.48. The van der Waals surface area contributed by atoms with Gasteiger partial charge in [0.2, 0.25) is 5.91 Å². The predicted octanol–water partition coefficient (Wildman–Crippen LogP) is 3.34. The fraction of sp³-hybridized carbons (Fsp3) is 0.474. The van der Waals surface area contributed by atoms with Crippen molar-refractivity contribution in [3.63, 3.8) is 0 Å². The van der Waals surface area contributed by atoms with Gasteiger partial charge < -0.3 is 10.4 Å². The van der Waals surface area contributed by atoms with Gasteiger partial charge in [0.15, 0.2) is 0 Å². The first kappa shape index (κ1) is 18.2. The van der Waals surface area contributed by atoms with Crippen LogP contribution in [0.25, 0.3) is 0 Å². The summed E-state index contributed by atoms with van der Waals surface area (Å²) in [4.78, 5) is 12.4. The second-order valence-electron chi connectivity index (χ2n) is 6.80. The number of hydrogen-bond acceptors (Lipinski definition) is 3.